The topological polar surface area (TPSA) is 115 Å². The lowest BCUT2D eigenvalue weighted by Gasteiger charge is -2.13. The van der Waals surface area contributed by atoms with Gasteiger partial charge in [0.05, 0.1) is 35.1 Å². The van der Waals surface area contributed by atoms with Gasteiger partial charge in [0.2, 0.25) is 5.91 Å². The third-order valence-corrected chi connectivity index (χ3v) is 8.44. The fraction of sp³-hybridized carbons (Fsp3) is 0.400. The number of rotatable bonds is 9. The standard InChI is InChI=1S/C25H26F3N5O4S2/c1-4-37-23(36)19-15-9-7-11-17(15)39-22(19)30-20(34)13(2)38-24-32-31-18(33(24)3)12-29-21(35)14-8-5-6-10-16(14)25(26,27)28/h5-6,8,10,13H,4,7,9,11-12H2,1-3H3,(H,29,35)(H,30,34)/t13-/m1/s1. The predicted molar refractivity (Wildman–Crippen MR) is 140 cm³/mol. The summed E-state index contributed by atoms with van der Waals surface area (Å²) in [4.78, 5) is 39.1. The summed E-state index contributed by atoms with van der Waals surface area (Å²) < 4.78 is 46.5. The summed E-state index contributed by atoms with van der Waals surface area (Å²) in [5.41, 5.74) is -0.164. The highest BCUT2D eigenvalue weighted by Gasteiger charge is 2.35. The first-order valence-corrected chi connectivity index (χ1v) is 13.8. The van der Waals surface area contributed by atoms with Crippen LogP contribution in [-0.4, -0.2) is 44.4 Å². The van der Waals surface area contributed by atoms with Crippen molar-refractivity contribution in [2.24, 2.45) is 7.05 Å². The Kier molecular flexibility index (Phi) is 8.64. The Morgan fingerprint density at radius 2 is 1.95 bits per heavy atom. The third kappa shape index (κ3) is 6.27. The summed E-state index contributed by atoms with van der Waals surface area (Å²) in [6.45, 7) is 3.46. The molecule has 2 aromatic heterocycles. The number of alkyl halides is 3. The van der Waals surface area contributed by atoms with Crippen LogP contribution < -0.4 is 10.6 Å². The first kappa shape index (κ1) is 28.6. The molecule has 0 spiro atoms. The molecule has 0 saturated carbocycles. The predicted octanol–water partition coefficient (Wildman–Crippen LogP) is 4.61. The first-order chi connectivity index (χ1) is 18.5. The monoisotopic (exact) mass is 581 g/mol. The number of thioether (sulfide) groups is 1. The van der Waals surface area contributed by atoms with Crippen molar-refractivity contribution < 1.29 is 32.3 Å². The molecule has 208 valence electrons. The normalized spacial score (nSPS) is 13.6. The fourth-order valence-electron chi connectivity index (χ4n) is 4.12. The molecule has 4 rings (SSSR count). The van der Waals surface area contributed by atoms with Gasteiger partial charge >= 0.3 is 12.1 Å². The number of nitrogens with zero attached hydrogens (tertiary/aromatic N) is 3. The van der Waals surface area contributed by atoms with E-state index in [0.29, 0.717) is 21.5 Å². The summed E-state index contributed by atoms with van der Waals surface area (Å²) in [7, 11) is 1.63. The number of carbonyl (C=O) groups is 3. The molecule has 1 aliphatic carbocycles. The molecule has 2 N–H and O–H groups in total. The Morgan fingerprint density at radius 1 is 1.21 bits per heavy atom. The van der Waals surface area contributed by atoms with Crippen LogP contribution in [0.4, 0.5) is 18.2 Å². The van der Waals surface area contributed by atoms with Gasteiger partial charge in [-0.3, -0.25) is 9.59 Å². The molecule has 39 heavy (non-hydrogen) atoms. The minimum atomic E-state index is -4.67. The number of aryl methyl sites for hydroxylation is 1. The molecule has 1 atom stereocenters. The van der Waals surface area contributed by atoms with Gasteiger partial charge in [-0.05, 0) is 50.8 Å². The SMILES string of the molecule is CCOC(=O)c1c(NC(=O)[C@@H](C)Sc2nnc(CNC(=O)c3ccccc3C(F)(F)F)n2C)sc2c1CCC2. The highest BCUT2D eigenvalue weighted by atomic mass is 32.2. The van der Waals surface area contributed by atoms with Gasteiger partial charge in [-0.15, -0.1) is 21.5 Å². The van der Waals surface area contributed by atoms with Crippen molar-refractivity contribution in [3.8, 4) is 0 Å². The van der Waals surface area contributed by atoms with Crippen LogP contribution in [0.2, 0.25) is 0 Å². The second kappa shape index (κ2) is 11.8. The van der Waals surface area contributed by atoms with Crippen molar-refractivity contribution >= 4 is 45.9 Å². The first-order valence-electron chi connectivity index (χ1n) is 12.1. The van der Waals surface area contributed by atoms with Crippen molar-refractivity contribution in [3.05, 3.63) is 57.2 Å². The van der Waals surface area contributed by atoms with E-state index in [0.717, 1.165) is 53.6 Å². The number of esters is 1. The van der Waals surface area contributed by atoms with E-state index in [-0.39, 0.29) is 19.1 Å². The second-order valence-corrected chi connectivity index (χ2v) is 11.1. The molecule has 3 aromatic rings. The molecule has 14 heteroatoms. The molecule has 1 aliphatic rings. The number of benzene rings is 1. The van der Waals surface area contributed by atoms with E-state index in [9.17, 15) is 27.6 Å². The van der Waals surface area contributed by atoms with Crippen molar-refractivity contribution in [3.63, 3.8) is 0 Å². The number of fused-ring (bicyclic) bond motifs is 1. The zero-order valence-electron chi connectivity index (χ0n) is 21.3. The number of nitrogens with one attached hydrogen (secondary N) is 2. The van der Waals surface area contributed by atoms with Crippen molar-refractivity contribution in [1.82, 2.24) is 20.1 Å². The Labute approximate surface area is 230 Å². The van der Waals surface area contributed by atoms with E-state index >= 15 is 0 Å². The molecule has 0 saturated heterocycles. The van der Waals surface area contributed by atoms with Crippen LogP contribution in [0.3, 0.4) is 0 Å². The molecule has 2 heterocycles. The van der Waals surface area contributed by atoms with Gasteiger partial charge in [0.1, 0.15) is 5.00 Å². The number of amides is 2. The van der Waals surface area contributed by atoms with E-state index in [4.69, 9.17) is 4.74 Å². The summed E-state index contributed by atoms with van der Waals surface area (Å²) in [6, 6.07) is 4.52. The number of thiophene rings is 1. The van der Waals surface area contributed by atoms with E-state index in [1.165, 1.54) is 23.5 Å². The minimum Gasteiger partial charge on any atom is -0.462 e. The molecular formula is C25H26F3N5O4S2. The largest absolute Gasteiger partial charge is 0.462 e. The van der Waals surface area contributed by atoms with Crippen LogP contribution in [0.25, 0.3) is 0 Å². The van der Waals surface area contributed by atoms with Gasteiger partial charge in [0.15, 0.2) is 11.0 Å². The summed E-state index contributed by atoms with van der Waals surface area (Å²) in [5.74, 6) is -1.40. The zero-order chi connectivity index (χ0) is 28.3. The number of aromatic nitrogens is 3. The Bertz CT molecular complexity index is 1400. The van der Waals surface area contributed by atoms with Crippen molar-refractivity contribution in [2.45, 2.75) is 56.2 Å². The molecule has 0 unspecified atom stereocenters. The highest BCUT2D eigenvalue weighted by molar-refractivity contribution is 8.00. The molecule has 0 radical (unpaired) electrons. The average Bonchev–Trinajstić information content (AvgIpc) is 3.57. The maximum atomic E-state index is 13.2. The van der Waals surface area contributed by atoms with E-state index in [1.54, 1.807) is 25.5 Å². The lowest BCUT2D eigenvalue weighted by Crippen LogP contribution is -2.27. The van der Waals surface area contributed by atoms with Crippen LogP contribution in [0.15, 0.2) is 29.4 Å². The summed E-state index contributed by atoms with van der Waals surface area (Å²) in [5, 5.41) is 13.6. The number of hydrogen-bond donors (Lipinski definition) is 2. The number of carbonyl (C=O) groups excluding carboxylic acids is 3. The average molecular weight is 582 g/mol. The number of anilines is 1. The van der Waals surface area contributed by atoms with E-state index < -0.39 is 34.4 Å². The van der Waals surface area contributed by atoms with Crippen LogP contribution in [0.1, 0.15) is 62.8 Å². The Morgan fingerprint density at radius 3 is 2.67 bits per heavy atom. The fourth-order valence-corrected chi connectivity index (χ4v) is 6.24. The van der Waals surface area contributed by atoms with Crippen LogP contribution in [0, 0.1) is 0 Å². The summed E-state index contributed by atoms with van der Waals surface area (Å²) in [6.07, 6.45) is -2.09. The van der Waals surface area contributed by atoms with Crippen LogP contribution in [0.5, 0.6) is 0 Å². The lowest BCUT2D eigenvalue weighted by atomic mass is 10.1. The van der Waals surface area contributed by atoms with Gasteiger partial charge in [0.25, 0.3) is 5.91 Å². The summed E-state index contributed by atoms with van der Waals surface area (Å²) >= 11 is 2.50. The molecule has 2 amide bonds. The molecule has 9 nitrogen and oxygen atoms in total. The van der Waals surface area contributed by atoms with E-state index in [1.807, 2.05) is 0 Å². The van der Waals surface area contributed by atoms with Crippen molar-refractivity contribution in [2.75, 3.05) is 11.9 Å². The van der Waals surface area contributed by atoms with Crippen molar-refractivity contribution in [1.29, 1.82) is 0 Å². The second-order valence-electron chi connectivity index (χ2n) is 8.72. The molecule has 1 aromatic carbocycles. The minimum absolute atomic E-state index is 0.167. The number of ether oxygens (including phenoxy) is 1. The van der Waals surface area contributed by atoms with E-state index in [2.05, 4.69) is 20.8 Å². The quantitative estimate of drug-likeness (QED) is 0.280. The third-order valence-electron chi connectivity index (χ3n) is 6.10. The number of halogens is 3. The molecule has 0 fully saturated rings. The van der Waals surface area contributed by atoms with Gasteiger partial charge in [-0.1, -0.05) is 23.9 Å². The maximum absolute atomic E-state index is 13.2. The molecule has 0 aliphatic heterocycles. The smallest absolute Gasteiger partial charge is 0.417 e. The maximum Gasteiger partial charge on any atom is 0.417 e. The highest BCUT2D eigenvalue weighted by Crippen LogP contribution is 2.40. The van der Waals surface area contributed by atoms with Gasteiger partial charge in [0, 0.05) is 11.9 Å². The van der Waals surface area contributed by atoms with Gasteiger partial charge in [-0.25, -0.2) is 4.79 Å². The molecule has 0 bridgehead atoms. The lowest BCUT2D eigenvalue weighted by molar-refractivity contribution is -0.138. The zero-order valence-corrected chi connectivity index (χ0v) is 23.0. The Hall–Kier alpha value is -3.39. The Balaban J connectivity index is 1.40. The van der Waals surface area contributed by atoms with Gasteiger partial charge in [-0.2, -0.15) is 13.2 Å². The molecular weight excluding hydrogens is 555 g/mol. The number of hydrogen-bond acceptors (Lipinski definition) is 8. The van der Waals surface area contributed by atoms with Gasteiger partial charge < -0.3 is 19.9 Å². The van der Waals surface area contributed by atoms with Crippen LogP contribution in [-0.2, 0) is 42.1 Å². The van der Waals surface area contributed by atoms with Crippen LogP contribution >= 0.6 is 23.1 Å².